The van der Waals surface area contributed by atoms with E-state index in [4.69, 9.17) is 0 Å². The highest BCUT2D eigenvalue weighted by Gasteiger charge is 2.39. The molecule has 0 amide bonds. The Labute approximate surface area is 107 Å². The highest BCUT2D eigenvalue weighted by atomic mass is 79.9. The normalized spacial score (nSPS) is 33.9. The van der Waals surface area contributed by atoms with Gasteiger partial charge in [0.05, 0.1) is 0 Å². The van der Waals surface area contributed by atoms with Crippen LogP contribution in [0, 0.1) is 17.8 Å². The van der Waals surface area contributed by atoms with Crippen molar-refractivity contribution >= 4 is 31.9 Å². The van der Waals surface area contributed by atoms with E-state index in [0.717, 1.165) is 33.5 Å². The second kappa shape index (κ2) is 3.88. The lowest BCUT2D eigenvalue weighted by Crippen LogP contribution is -2.18. The summed E-state index contributed by atoms with van der Waals surface area (Å²) in [6, 6.07) is 2.02. The minimum absolute atomic E-state index is 0.867. The van der Waals surface area contributed by atoms with E-state index < -0.39 is 0 Å². The number of hydrogen-bond donors (Lipinski definition) is 0. The van der Waals surface area contributed by atoms with Crippen LogP contribution >= 0.6 is 31.9 Å². The zero-order valence-corrected chi connectivity index (χ0v) is 11.7. The van der Waals surface area contributed by atoms with Crippen LogP contribution in [0.4, 0.5) is 0 Å². The van der Waals surface area contributed by atoms with Crippen LogP contribution in [0.3, 0.4) is 0 Å². The molecular weight excluding hydrogens is 320 g/mol. The lowest BCUT2D eigenvalue weighted by molar-refractivity contribution is 0.283. The highest BCUT2D eigenvalue weighted by molar-refractivity contribution is 9.11. The molecule has 0 spiro atoms. The first-order chi connectivity index (χ1) is 7.22. The van der Waals surface area contributed by atoms with Crippen molar-refractivity contribution in [3.63, 3.8) is 0 Å². The number of halogens is 2. The zero-order chi connectivity index (χ0) is 10.4. The molecule has 2 fully saturated rings. The van der Waals surface area contributed by atoms with Crippen molar-refractivity contribution in [2.45, 2.75) is 32.2 Å². The number of rotatable bonds is 2. The first-order valence-electron chi connectivity index (χ1n) is 5.61. The average molecular weight is 334 g/mol. The van der Waals surface area contributed by atoms with Gasteiger partial charge in [-0.2, -0.15) is 5.10 Å². The van der Waals surface area contributed by atoms with Crippen molar-refractivity contribution in [3.8, 4) is 0 Å². The van der Waals surface area contributed by atoms with Gasteiger partial charge in [-0.25, -0.2) is 0 Å². The predicted molar refractivity (Wildman–Crippen MR) is 66.6 cm³/mol. The maximum absolute atomic E-state index is 4.44. The van der Waals surface area contributed by atoms with Crippen molar-refractivity contribution in [3.05, 3.63) is 15.3 Å². The molecule has 0 aromatic carbocycles. The zero-order valence-electron chi connectivity index (χ0n) is 8.50. The summed E-state index contributed by atoms with van der Waals surface area (Å²) < 4.78 is 4.12. The molecule has 3 unspecified atom stereocenters. The van der Waals surface area contributed by atoms with Crippen molar-refractivity contribution in [1.29, 1.82) is 0 Å². The first kappa shape index (κ1) is 10.3. The Morgan fingerprint density at radius 1 is 1.33 bits per heavy atom. The molecule has 2 nitrogen and oxygen atoms in total. The summed E-state index contributed by atoms with van der Waals surface area (Å²) in [5.74, 6) is 2.87. The fraction of sp³-hybridized carbons (Fsp3) is 0.727. The van der Waals surface area contributed by atoms with E-state index in [1.165, 1.54) is 25.7 Å². The molecule has 4 heteroatoms. The molecule has 0 radical (unpaired) electrons. The van der Waals surface area contributed by atoms with E-state index in [9.17, 15) is 0 Å². The third-order valence-corrected chi connectivity index (χ3v) is 5.02. The molecule has 2 bridgehead atoms. The van der Waals surface area contributed by atoms with Crippen LogP contribution < -0.4 is 0 Å². The van der Waals surface area contributed by atoms with Gasteiger partial charge in [-0.3, -0.25) is 4.68 Å². The summed E-state index contributed by atoms with van der Waals surface area (Å²) in [5.41, 5.74) is 0. The van der Waals surface area contributed by atoms with E-state index in [-0.39, 0.29) is 0 Å². The Hall–Kier alpha value is 0.170. The minimum atomic E-state index is 0.867. The summed E-state index contributed by atoms with van der Waals surface area (Å²) in [6.45, 7) is 1.09. The Bertz CT molecular complexity index is 375. The smallest absolute Gasteiger partial charge is 0.129 e. The second-order valence-corrected chi connectivity index (χ2v) is 6.53. The van der Waals surface area contributed by atoms with Crippen LogP contribution in [0.2, 0.25) is 0 Å². The maximum Gasteiger partial charge on any atom is 0.129 e. The van der Waals surface area contributed by atoms with Crippen molar-refractivity contribution < 1.29 is 0 Å². The SMILES string of the molecule is Brc1cc(Br)n(CC2CC3CCC2C3)n1. The van der Waals surface area contributed by atoms with Crippen LogP contribution in [-0.2, 0) is 6.54 Å². The summed E-state index contributed by atoms with van der Waals surface area (Å²) >= 11 is 6.96. The van der Waals surface area contributed by atoms with Crippen LogP contribution in [-0.4, -0.2) is 9.78 Å². The molecule has 0 aliphatic heterocycles. The van der Waals surface area contributed by atoms with Gasteiger partial charge in [-0.05, 0) is 68.9 Å². The molecule has 2 aliphatic rings. The van der Waals surface area contributed by atoms with E-state index in [2.05, 4.69) is 41.6 Å². The molecule has 3 rings (SSSR count). The van der Waals surface area contributed by atoms with Gasteiger partial charge in [0.1, 0.15) is 9.21 Å². The Morgan fingerprint density at radius 2 is 2.20 bits per heavy atom. The van der Waals surface area contributed by atoms with Crippen molar-refractivity contribution in [2.24, 2.45) is 17.8 Å². The lowest BCUT2D eigenvalue weighted by Gasteiger charge is -2.21. The average Bonchev–Trinajstić information content (AvgIpc) is 2.83. The molecule has 0 saturated heterocycles. The minimum Gasteiger partial charge on any atom is -0.257 e. The topological polar surface area (TPSA) is 17.8 Å². The third-order valence-electron chi connectivity index (χ3n) is 3.99. The Kier molecular flexibility index (Phi) is 2.67. The molecule has 1 heterocycles. The van der Waals surface area contributed by atoms with Gasteiger partial charge in [0.25, 0.3) is 0 Å². The lowest BCUT2D eigenvalue weighted by atomic mass is 9.89. The largest absolute Gasteiger partial charge is 0.257 e. The fourth-order valence-electron chi connectivity index (χ4n) is 3.31. The quantitative estimate of drug-likeness (QED) is 0.804. The van der Waals surface area contributed by atoms with Gasteiger partial charge in [-0.1, -0.05) is 6.42 Å². The van der Waals surface area contributed by atoms with E-state index in [0.29, 0.717) is 0 Å². The van der Waals surface area contributed by atoms with Gasteiger partial charge in [-0.15, -0.1) is 0 Å². The summed E-state index contributed by atoms with van der Waals surface area (Å²) in [6.07, 6.45) is 5.83. The molecule has 1 aromatic rings. The van der Waals surface area contributed by atoms with E-state index in [1.807, 2.05) is 6.07 Å². The summed E-state index contributed by atoms with van der Waals surface area (Å²) in [5, 5.41) is 4.44. The second-order valence-electron chi connectivity index (χ2n) is 4.91. The number of fused-ring (bicyclic) bond motifs is 2. The number of aromatic nitrogens is 2. The van der Waals surface area contributed by atoms with Gasteiger partial charge in [0.15, 0.2) is 0 Å². The molecule has 15 heavy (non-hydrogen) atoms. The summed E-state index contributed by atoms with van der Waals surface area (Å²) in [7, 11) is 0. The van der Waals surface area contributed by atoms with Crippen LogP contribution in [0.5, 0.6) is 0 Å². The van der Waals surface area contributed by atoms with Crippen molar-refractivity contribution in [1.82, 2.24) is 9.78 Å². The molecule has 2 saturated carbocycles. The van der Waals surface area contributed by atoms with Crippen LogP contribution in [0.1, 0.15) is 25.7 Å². The first-order valence-corrected chi connectivity index (χ1v) is 7.20. The third kappa shape index (κ3) is 1.91. The Morgan fingerprint density at radius 3 is 2.73 bits per heavy atom. The number of nitrogens with zero attached hydrogens (tertiary/aromatic N) is 2. The molecule has 1 aromatic heterocycles. The van der Waals surface area contributed by atoms with Gasteiger partial charge < -0.3 is 0 Å². The Balaban J connectivity index is 1.73. The van der Waals surface area contributed by atoms with Crippen LogP contribution in [0.15, 0.2) is 15.3 Å². The standard InChI is InChI=1S/C11H14Br2N2/c12-10-5-11(13)15(14-10)6-9-4-7-1-2-8(9)3-7/h5,7-9H,1-4,6H2. The molecular formula is C11H14Br2N2. The molecule has 0 N–H and O–H groups in total. The van der Waals surface area contributed by atoms with Crippen molar-refractivity contribution in [2.75, 3.05) is 0 Å². The number of hydrogen-bond acceptors (Lipinski definition) is 1. The predicted octanol–water partition coefficient (Wildman–Crippen LogP) is 3.84. The maximum atomic E-state index is 4.44. The fourth-order valence-corrected chi connectivity index (χ4v) is 4.47. The molecule has 3 atom stereocenters. The molecule has 2 aliphatic carbocycles. The van der Waals surface area contributed by atoms with E-state index >= 15 is 0 Å². The van der Waals surface area contributed by atoms with Crippen LogP contribution in [0.25, 0.3) is 0 Å². The molecule has 82 valence electrons. The highest BCUT2D eigenvalue weighted by Crippen LogP contribution is 2.48. The van der Waals surface area contributed by atoms with Gasteiger partial charge in [0.2, 0.25) is 0 Å². The monoisotopic (exact) mass is 332 g/mol. The van der Waals surface area contributed by atoms with Gasteiger partial charge >= 0.3 is 0 Å². The van der Waals surface area contributed by atoms with E-state index in [1.54, 1.807) is 0 Å². The summed E-state index contributed by atoms with van der Waals surface area (Å²) in [4.78, 5) is 0. The van der Waals surface area contributed by atoms with Gasteiger partial charge in [0, 0.05) is 12.6 Å².